The van der Waals surface area contributed by atoms with E-state index in [-0.39, 0.29) is 0 Å². The largest absolute Gasteiger partial charge is 0.326 e. The Bertz CT molecular complexity index is 152. The summed E-state index contributed by atoms with van der Waals surface area (Å²) in [5, 5.41) is 6.98. The second-order valence-electron chi connectivity index (χ2n) is 4.84. The van der Waals surface area contributed by atoms with Crippen LogP contribution in [0.4, 0.5) is 0 Å². The molecule has 0 radical (unpaired) electrons. The van der Waals surface area contributed by atoms with E-state index in [2.05, 4.69) is 27.9 Å². The normalized spacial score (nSPS) is 14.0. The predicted molar refractivity (Wildman–Crippen MR) is 64.0 cm³/mol. The number of rotatable bonds is 8. The highest BCUT2D eigenvalue weighted by atomic mass is 15.3. The molecule has 0 aromatic carbocycles. The maximum atomic E-state index is 6.98. The summed E-state index contributed by atoms with van der Waals surface area (Å²) in [6.45, 7) is 5.86. The number of hydrogen-bond acceptors (Lipinski definition) is 1. The van der Waals surface area contributed by atoms with Gasteiger partial charge in [-0.05, 0) is 38.8 Å². The number of nitrogens with zero attached hydrogens (tertiary/aromatic N) is 1. The third-order valence-electron chi connectivity index (χ3n) is 3.25. The number of quaternary nitrogens is 1. The summed E-state index contributed by atoms with van der Waals surface area (Å²) in [5.41, 5.74) is 0. The summed E-state index contributed by atoms with van der Waals surface area (Å²) >= 11 is 0. The van der Waals surface area contributed by atoms with Gasteiger partial charge in [-0.15, -0.1) is 0 Å². The standard InChI is InChI=1S/C12H27N2/c1-5-6-11-14(3,4)12(2)9-7-8-10-13/h10,12-13H,5-9,11H2,1-4H3/q+1. The number of hydrogen-bond donors (Lipinski definition) is 1. The molecule has 0 heterocycles. The van der Waals surface area contributed by atoms with Gasteiger partial charge < -0.3 is 9.89 Å². The van der Waals surface area contributed by atoms with E-state index in [1.165, 1.54) is 38.4 Å². The van der Waals surface area contributed by atoms with Gasteiger partial charge in [-0.2, -0.15) is 0 Å². The molecule has 0 rings (SSSR count). The zero-order valence-electron chi connectivity index (χ0n) is 10.3. The van der Waals surface area contributed by atoms with Gasteiger partial charge in [0.1, 0.15) is 0 Å². The quantitative estimate of drug-likeness (QED) is 0.353. The van der Waals surface area contributed by atoms with Crippen molar-refractivity contribution in [1.82, 2.24) is 0 Å². The third kappa shape index (κ3) is 5.38. The molecule has 0 bridgehead atoms. The van der Waals surface area contributed by atoms with Crippen molar-refractivity contribution in [1.29, 1.82) is 5.41 Å². The predicted octanol–water partition coefficient (Wildman–Crippen LogP) is 3.07. The van der Waals surface area contributed by atoms with Gasteiger partial charge in [0.2, 0.25) is 0 Å². The van der Waals surface area contributed by atoms with Crippen molar-refractivity contribution >= 4 is 6.21 Å². The molecule has 0 saturated heterocycles. The first-order valence-corrected chi connectivity index (χ1v) is 5.86. The van der Waals surface area contributed by atoms with Crippen LogP contribution in [0, 0.1) is 5.41 Å². The molecule has 1 N–H and O–H groups in total. The Balaban J connectivity index is 3.80. The molecule has 0 aromatic heterocycles. The van der Waals surface area contributed by atoms with Crippen LogP contribution in [0.5, 0.6) is 0 Å². The van der Waals surface area contributed by atoms with Gasteiger partial charge in [-0.25, -0.2) is 0 Å². The Labute approximate surface area is 89.4 Å². The highest BCUT2D eigenvalue weighted by molar-refractivity contribution is 5.52. The van der Waals surface area contributed by atoms with E-state index < -0.39 is 0 Å². The fraction of sp³-hybridized carbons (Fsp3) is 0.917. The minimum atomic E-state index is 0.724. The lowest BCUT2D eigenvalue weighted by Crippen LogP contribution is -2.47. The molecule has 1 atom stereocenters. The zero-order chi connectivity index (χ0) is 11.0. The third-order valence-corrected chi connectivity index (χ3v) is 3.25. The summed E-state index contributed by atoms with van der Waals surface area (Å²) in [7, 11) is 4.65. The van der Waals surface area contributed by atoms with Gasteiger partial charge in [-0.3, -0.25) is 0 Å². The molecule has 0 fully saturated rings. The van der Waals surface area contributed by atoms with Crippen molar-refractivity contribution < 1.29 is 4.48 Å². The molecule has 0 spiro atoms. The van der Waals surface area contributed by atoms with Gasteiger partial charge in [0, 0.05) is 0 Å². The lowest BCUT2D eigenvalue weighted by Gasteiger charge is -2.36. The summed E-state index contributed by atoms with van der Waals surface area (Å²) in [4.78, 5) is 0. The molecule has 0 amide bonds. The molecule has 0 aliphatic carbocycles. The van der Waals surface area contributed by atoms with Gasteiger partial charge in [0.25, 0.3) is 0 Å². The molecular weight excluding hydrogens is 172 g/mol. The van der Waals surface area contributed by atoms with E-state index >= 15 is 0 Å². The van der Waals surface area contributed by atoms with Gasteiger partial charge >= 0.3 is 0 Å². The first-order chi connectivity index (χ1) is 6.54. The molecule has 14 heavy (non-hydrogen) atoms. The van der Waals surface area contributed by atoms with Crippen LogP contribution in [-0.2, 0) is 0 Å². The Kier molecular flexibility index (Phi) is 6.81. The van der Waals surface area contributed by atoms with Crippen LogP contribution < -0.4 is 0 Å². The van der Waals surface area contributed by atoms with Crippen molar-refractivity contribution in [3.05, 3.63) is 0 Å². The maximum absolute atomic E-state index is 6.98. The van der Waals surface area contributed by atoms with E-state index in [4.69, 9.17) is 5.41 Å². The van der Waals surface area contributed by atoms with Gasteiger partial charge in [0.05, 0.1) is 26.7 Å². The van der Waals surface area contributed by atoms with Crippen LogP contribution in [0.1, 0.15) is 46.0 Å². The maximum Gasteiger partial charge on any atom is 0.0857 e. The van der Waals surface area contributed by atoms with Crippen LogP contribution >= 0.6 is 0 Å². The smallest absolute Gasteiger partial charge is 0.0857 e. The van der Waals surface area contributed by atoms with E-state index in [1.807, 2.05) is 0 Å². The highest BCUT2D eigenvalue weighted by Gasteiger charge is 2.22. The van der Waals surface area contributed by atoms with Crippen LogP contribution in [0.3, 0.4) is 0 Å². The lowest BCUT2D eigenvalue weighted by atomic mass is 10.1. The van der Waals surface area contributed by atoms with Gasteiger partial charge in [0.15, 0.2) is 0 Å². The Morgan fingerprint density at radius 1 is 1.29 bits per heavy atom. The summed E-state index contributed by atoms with van der Waals surface area (Å²) in [5.74, 6) is 0. The molecule has 84 valence electrons. The van der Waals surface area contributed by atoms with Gasteiger partial charge in [-0.1, -0.05) is 13.3 Å². The minimum absolute atomic E-state index is 0.724. The second kappa shape index (κ2) is 6.99. The minimum Gasteiger partial charge on any atom is -0.326 e. The molecule has 2 heteroatoms. The molecule has 1 unspecified atom stereocenters. The molecule has 0 aliphatic heterocycles. The SMILES string of the molecule is CCCC[N+](C)(C)C(C)CCCC=N. The fourth-order valence-corrected chi connectivity index (χ4v) is 1.65. The Morgan fingerprint density at radius 3 is 2.43 bits per heavy atom. The first-order valence-electron chi connectivity index (χ1n) is 5.86. The van der Waals surface area contributed by atoms with Crippen LogP contribution in [-0.4, -0.2) is 37.4 Å². The van der Waals surface area contributed by atoms with Crippen LogP contribution in [0.15, 0.2) is 0 Å². The lowest BCUT2D eigenvalue weighted by molar-refractivity contribution is -0.913. The molecule has 0 saturated carbocycles. The average molecular weight is 199 g/mol. The van der Waals surface area contributed by atoms with Crippen molar-refractivity contribution in [3.63, 3.8) is 0 Å². The van der Waals surface area contributed by atoms with Crippen molar-refractivity contribution in [2.75, 3.05) is 20.6 Å². The fourth-order valence-electron chi connectivity index (χ4n) is 1.65. The summed E-state index contributed by atoms with van der Waals surface area (Å²) in [6.07, 6.45) is 7.48. The Hall–Kier alpha value is -0.370. The summed E-state index contributed by atoms with van der Waals surface area (Å²) in [6, 6.07) is 0.724. The van der Waals surface area contributed by atoms with E-state index in [1.54, 1.807) is 0 Å². The van der Waals surface area contributed by atoms with E-state index in [0.717, 1.165) is 16.9 Å². The monoisotopic (exact) mass is 199 g/mol. The zero-order valence-corrected chi connectivity index (χ0v) is 10.3. The first kappa shape index (κ1) is 13.6. The molecule has 0 aromatic rings. The van der Waals surface area contributed by atoms with Crippen molar-refractivity contribution in [2.24, 2.45) is 0 Å². The van der Waals surface area contributed by atoms with E-state index in [0.29, 0.717) is 0 Å². The molecule has 2 nitrogen and oxygen atoms in total. The van der Waals surface area contributed by atoms with Crippen LogP contribution in [0.25, 0.3) is 0 Å². The van der Waals surface area contributed by atoms with Crippen molar-refractivity contribution in [2.45, 2.75) is 52.0 Å². The highest BCUT2D eigenvalue weighted by Crippen LogP contribution is 2.14. The van der Waals surface area contributed by atoms with Crippen molar-refractivity contribution in [3.8, 4) is 0 Å². The number of nitrogens with one attached hydrogen (secondary N) is 1. The molecular formula is C12H27N2+. The second-order valence-corrected chi connectivity index (χ2v) is 4.84. The average Bonchev–Trinajstić information content (AvgIpc) is 2.15. The number of unbranched alkanes of at least 4 members (excludes halogenated alkanes) is 2. The van der Waals surface area contributed by atoms with E-state index in [9.17, 15) is 0 Å². The summed E-state index contributed by atoms with van der Waals surface area (Å²) < 4.78 is 1.13. The topological polar surface area (TPSA) is 23.9 Å². The molecule has 0 aliphatic rings. The Morgan fingerprint density at radius 2 is 1.93 bits per heavy atom. The van der Waals surface area contributed by atoms with Crippen LogP contribution in [0.2, 0.25) is 0 Å².